The molecule has 1 heterocycles. The molecule has 3 amide bonds. The molecule has 4 rings (SSSR count). The highest BCUT2D eigenvalue weighted by Gasteiger charge is 2.28. The number of methoxy groups -OCH3 is 2. The van der Waals surface area contributed by atoms with Crippen LogP contribution in [0.15, 0.2) is 54.7 Å². The minimum Gasteiger partial charge on any atom is -0.497 e. The average molecular weight is 478 g/mol. The number of nitrogens with one attached hydrogen (secondary N) is 2. The Morgan fingerprint density at radius 2 is 1.66 bits per heavy atom. The van der Waals surface area contributed by atoms with Crippen molar-refractivity contribution in [3.05, 3.63) is 54.7 Å². The van der Waals surface area contributed by atoms with Crippen LogP contribution in [-0.2, 0) is 4.79 Å². The van der Waals surface area contributed by atoms with E-state index >= 15 is 0 Å². The molecule has 2 N–H and O–H groups in total. The number of amides is 3. The summed E-state index contributed by atoms with van der Waals surface area (Å²) in [5, 5.41) is 5.70. The van der Waals surface area contributed by atoms with Crippen molar-refractivity contribution in [1.29, 1.82) is 0 Å². The van der Waals surface area contributed by atoms with Gasteiger partial charge in [0.15, 0.2) is 0 Å². The van der Waals surface area contributed by atoms with E-state index in [0.29, 0.717) is 30.6 Å². The quantitative estimate of drug-likeness (QED) is 0.461. The summed E-state index contributed by atoms with van der Waals surface area (Å²) >= 11 is 0. The van der Waals surface area contributed by atoms with Gasteiger partial charge in [0.1, 0.15) is 18.0 Å². The normalized spacial score (nSPS) is 12.7. The van der Waals surface area contributed by atoms with Gasteiger partial charge in [0.05, 0.1) is 19.9 Å². The van der Waals surface area contributed by atoms with Gasteiger partial charge >= 0.3 is 6.03 Å². The number of hydrogen-bond acceptors (Lipinski definition) is 5. The molecule has 1 fully saturated rings. The van der Waals surface area contributed by atoms with Gasteiger partial charge in [-0.15, -0.1) is 0 Å². The molecule has 0 saturated heterocycles. The Hall–Kier alpha value is -4.01. The molecule has 0 bridgehead atoms. The minimum atomic E-state index is -0.307. The van der Waals surface area contributed by atoms with Gasteiger partial charge < -0.3 is 19.7 Å². The van der Waals surface area contributed by atoms with Crippen LogP contribution in [0.5, 0.6) is 11.5 Å². The number of anilines is 1. The van der Waals surface area contributed by atoms with Crippen LogP contribution in [0.2, 0.25) is 0 Å². The van der Waals surface area contributed by atoms with Crippen LogP contribution in [0.25, 0.3) is 16.9 Å². The number of rotatable bonds is 10. The topological polar surface area (TPSA) is 97.7 Å². The van der Waals surface area contributed by atoms with Crippen molar-refractivity contribution >= 4 is 17.9 Å². The molecule has 1 saturated carbocycles. The maximum atomic E-state index is 13.0. The molecule has 0 aliphatic heterocycles. The van der Waals surface area contributed by atoms with E-state index in [9.17, 15) is 9.59 Å². The first-order valence-electron chi connectivity index (χ1n) is 11.7. The van der Waals surface area contributed by atoms with Crippen LogP contribution < -0.4 is 20.1 Å². The SMILES string of the molecule is CCNC(=O)N(CC(=O)Nc1nc(-c2ccc(OC)cc2)cn1-c1ccc(OC)cc1)CC1CC1. The number of urea groups is 1. The lowest BCUT2D eigenvalue weighted by atomic mass is 10.1. The minimum absolute atomic E-state index is 0.0460. The molecule has 0 unspecified atom stereocenters. The zero-order chi connectivity index (χ0) is 24.8. The van der Waals surface area contributed by atoms with E-state index in [-0.39, 0.29) is 18.5 Å². The average Bonchev–Trinajstić information content (AvgIpc) is 3.61. The maximum absolute atomic E-state index is 13.0. The first kappa shape index (κ1) is 24.1. The van der Waals surface area contributed by atoms with Crippen LogP contribution >= 0.6 is 0 Å². The van der Waals surface area contributed by atoms with Gasteiger partial charge in [-0.25, -0.2) is 9.78 Å². The molecule has 0 atom stereocenters. The van der Waals surface area contributed by atoms with E-state index in [1.165, 1.54) is 0 Å². The van der Waals surface area contributed by atoms with Gasteiger partial charge in [-0.05, 0) is 74.2 Å². The van der Waals surface area contributed by atoms with Crippen molar-refractivity contribution in [2.75, 3.05) is 39.2 Å². The number of aromatic nitrogens is 2. The summed E-state index contributed by atoms with van der Waals surface area (Å²) in [7, 11) is 3.23. The van der Waals surface area contributed by atoms with E-state index in [1.54, 1.807) is 19.1 Å². The maximum Gasteiger partial charge on any atom is 0.317 e. The number of ether oxygens (including phenoxy) is 2. The van der Waals surface area contributed by atoms with Crippen LogP contribution in [0.4, 0.5) is 10.7 Å². The van der Waals surface area contributed by atoms with Gasteiger partial charge in [-0.2, -0.15) is 0 Å². The Kier molecular flexibility index (Phi) is 7.54. The standard InChI is InChI=1S/C26H31N5O4/c1-4-27-26(33)30(15-18-5-6-18)17-24(32)29-25-28-23(19-7-11-21(34-2)12-8-19)16-31(25)20-9-13-22(35-3)14-10-20/h7-14,16,18H,4-6,15,17H2,1-3H3,(H,27,33)(H,28,29,32). The Morgan fingerprint density at radius 3 is 2.23 bits per heavy atom. The molecular formula is C26H31N5O4. The molecule has 9 nitrogen and oxygen atoms in total. The number of nitrogens with zero attached hydrogens (tertiary/aromatic N) is 3. The number of imidazole rings is 1. The van der Waals surface area contributed by atoms with E-state index in [2.05, 4.69) is 10.6 Å². The molecule has 1 aliphatic carbocycles. The Balaban J connectivity index is 1.59. The lowest BCUT2D eigenvalue weighted by molar-refractivity contribution is -0.116. The predicted molar refractivity (Wildman–Crippen MR) is 134 cm³/mol. The zero-order valence-corrected chi connectivity index (χ0v) is 20.3. The molecule has 2 aromatic carbocycles. The fourth-order valence-electron chi connectivity index (χ4n) is 3.74. The second-order valence-corrected chi connectivity index (χ2v) is 8.45. The summed E-state index contributed by atoms with van der Waals surface area (Å²) in [6.45, 7) is 2.90. The smallest absolute Gasteiger partial charge is 0.317 e. The first-order chi connectivity index (χ1) is 17.0. The molecule has 0 radical (unpaired) electrons. The monoisotopic (exact) mass is 477 g/mol. The third-order valence-corrected chi connectivity index (χ3v) is 5.82. The second-order valence-electron chi connectivity index (χ2n) is 8.45. The van der Waals surface area contributed by atoms with Gasteiger partial charge in [-0.3, -0.25) is 14.7 Å². The summed E-state index contributed by atoms with van der Waals surface area (Å²) in [5.74, 6) is 2.01. The van der Waals surface area contributed by atoms with E-state index < -0.39 is 0 Å². The van der Waals surface area contributed by atoms with Crippen LogP contribution in [-0.4, -0.2) is 60.2 Å². The zero-order valence-electron chi connectivity index (χ0n) is 20.3. The molecule has 184 valence electrons. The van der Waals surface area contributed by atoms with Crippen molar-refractivity contribution < 1.29 is 19.1 Å². The van der Waals surface area contributed by atoms with E-state index in [0.717, 1.165) is 35.6 Å². The number of hydrogen-bond donors (Lipinski definition) is 2. The van der Waals surface area contributed by atoms with Gasteiger partial charge in [0.2, 0.25) is 11.9 Å². The fraction of sp³-hybridized carbons (Fsp3) is 0.346. The second kappa shape index (κ2) is 10.9. The van der Waals surface area contributed by atoms with Gasteiger partial charge in [0.25, 0.3) is 0 Å². The molecule has 3 aromatic rings. The van der Waals surface area contributed by atoms with E-state index in [4.69, 9.17) is 14.5 Å². The van der Waals surface area contributed by atoms with Crippen LogP contribution in [0.1, 0.15) is 19.8 Å². The summed E-state index contributed by atoms with van der Waals surface area (Å²) in [4.78, 5) is 31.8. The summed E-state index contributed by atoms with van der Waals surface area (Å²) < 4.78 is 12.3. The molecule has 9 heteroatoms. The Labute approximate surface area is 205 Å². The molecule has 0 spiro atoms. The summed E-state index contributed by atoms with van der Waals surface area (Å²) in [6, 6.07) is 14.8. The van der Waals surface area contributed by atoms with Crippen molar-refractivity contribution in [2.24, 2.45) is 5.92 Å². The van der Waals surface area contributed by atoms with Crippen molar-refractivity contribution in [1.82, 2.24) is 19.8 Å². The molecular weight excluding hydrogens is 446 g/mol. The largest absolute Gasteiger partial charge is 0.497 e. The first-order valence-corrected chi connectivity index (χ1v) is 11.7. The van der Waals surface area contributed by atoms with Crippen LogP contribution in [0, 0.1) is 5.92 Å². The fourth-order valence-corrected chi connectivity index (χ4v) is 3.74. The molecule has 1 aromatic heterocycles. The lowest BCUT2D eigenvalue weighted by Crippen LogP contribution is -2.45. The predicted octanol–water partition coefficient (Wildman–Crippen LogP) is 3.94. The van der Waals surface area contributed by atoms with Gasteiger partial charge in [-0.1, -0.05) is 0 Å². The van der Waals surface area contributed by atoms with E-state index in [1.807, 2.05) is 66.2 Å². The number of benzene rings is 2. The van der Waals surface area contributed by atoms with Crippen molar-refractivity contribution in [2.45, 2.75) is 19.8 Å². The summed E-state index contributed by atoms with van der Waals surface area (Å²) in [5.41, 5.74) is 2.38. The lowest BCUT2D eigenvalue weighted by Gasteiger charge is -2.22. The number of carbonyl (C=O) groups excluding carboxylic acids is 2. The highest BCUT2D eigenvalue weighted by molar-refractivity contribution is 5.93. The third kappa shape index (κ3) is 6.11. The third-order valence-electron chi connectivity index (χ3n) is 5.82. The van der Waals surface area contributed by atoms with Crippen molar-refractivity contribution in [3.63, 3.8) is 0 Å². The highest BCUT2D eigenvalue weighted by atomic mass is 16.5. The van der Waals surface area contributed by atoms with Crippen LogP contribution in [0.3, 0.4) is 0 Å². The Bertz CT molecular complexity index is 1150. The van der Waals surface area contributed by atoms with Crippen molar-refractivity contribution in [3.8, 4) is 28.4 Å². The highest BCUT2D eigenvalue weighted by Crippen LogP contribution is 2.30. The molecule has 35 heavy (non-hydrogen) atoms. The number of carbonyl (C=O) groups is 2. The Morgan fingerprint density at radius 1 is 1.03 bits per heavy atom. The summed E-state index contributed by atoms with van der Waals surface area (Å²) in [6.07, 6.45) is 4.04. The van der Waals surface area contributed by atoms with Gasteiger partial charge in [0, 0.05) is 30.5 Å². The molecule has 1 aliphatic rings.